The Bertz CT molecular complexity index is 454. The average molecular weight is 418 g/mol. The molecular weight excluding hydrogens is 406 g/mol. The van der Waals surface area contributed by atoms with Gasteiger partial charge in [-0.15, -0.1) is 0 Å². The smallest absolute Gasteiger partial charge is 0.251 e. The van der Waals surface area contributed by atoms with Crippen molar-refractivity contribution in [3.63, 3.8) is 0 Å². The van der Waals surface area contributed by atoms with E-state index in [4.69, 9.17) is 5.73 Å². The quantitative estimate of drug-likeness (QED) is 0.752. The molecule has 0 aliphatic carbocycles. The minimum absolute atomic E-state index is 0. The Hall–Kier alpha value is -1.68. The van der Waals surface area contributed by atoms with Crippen LogP contribution in [0.1, 0.15) is 31.1 Å². The van der Waals surface area contributed by atoms with Gasteiger partial charge in [-0.2, -0.15) is 0 Å². The van der Waals surface area contributed by atoms with Gasteiger partial charge in [-0.05, 0) is 18.2 Å². The summed E-state index contributed by atoms with van der Waals surface area (Å²) in [6.07, 6.45) is 0. The molecule has 0 fully saturated rings. The Morgan fingerprint density at radius 3 is 1.50 bits per heavy atom. The van der Waals surface area contributed by atoms with Crippen molar-refractivity contribution >= 4 is 17.7 Å². The van der Waals surface area contributed by atoms with Crippen LogP contribution in [-0.2, 0) is 21.1 Å². The maximum atomic E-state index is 11.4. The molecule has 0 aromatic heterocycles. The summed E-state index contributed by atoms with van der Waals surface area (Å²) >= 11 is 0. The minimum atomic E-state index is -0.944. The molecular formula is C11H12N3O3W-. The Kier molecular flexibility index (Phi) is 6.26. The summed E-state index contributed by atoms with van der Waals surface area (Å²) in [5.41, 5.74) is 7.35. The molecule has 0 unspecified atom stereocenters. The molecule has 96 valence electrons. The number of amides is 3. The molecule has 0 bridgehead atoms. The molecule has 0 saturated carbocycles. The van der Waals surface area contributed by atoms with Gasteiger partial charge < -0.3 is 21.2 Å². The molecule has 7 heteroatoms. The molecule has 1 aromatic carbocycles. The second kappa shape index (κ2) is 6.91. The van der Waals surface area contributed by atoms with Crippen molar-refractivity contribution < 1.29 is 35.4 Å². The van der Waals surface area contributed by atoms with Gasteiger partial charge in [0.25, 0.3) is 11.8 Å². The van der Waals surface area contributed by atoms with Gasteiger partial charge in [-0.3, -0.25) is 9.59 Å². The van der Waals surface area contributed by atoms with Crippen LogP contribution in [0.25, 0.3) is 5.73 Å². The van der Waals surface area contributed by atoms with Crippen molar-refractivity contribution in [2.45, 2.75) is 0 Å². The fourth-order valence-corrected chi connectivity index (χ4v) is 1.31. The predicted molar refractivity (Wildman–Crippen MR) is 61.9 cm³/mol. The fraction of sp³-hybridized carbons (Fsp3) is 0.182. The molecule has 0 spiro atoms. The summed E-state index contributed by atoms with van der Waals surface area (Å²) in [7, 11) is 2.88. The molecule has 18 heavy (non-hydrogen) atoms. The zero-order valence-corrected chi connectivity index (χ0v) is 12.8. The summed E-state index contributed by atoms with van der Waals surface area (Å²) < 4.78 is 0. The van der Waals surface area contributed by atoms with Crippen LogP contribution >= 0.6 is 0 Å². The maximum Gasteiger partial charge on any atom is 0.251 e. The van der Waals surface area contributed by atoms with Gasteiger partial charge in [0.05, 0.1) is 5.91 Å². The molecule has 1 aromatic rings. The van der Waals surface area contributed by atoms with E-state index in [0.717, 1.165) is 0 Å². The van der Waals surface area contributed by atoms with Crippen molar-refractivity contribution in [1.29, 1.82) is 0 Å². The molecule has 6 nitrogen and oxygen atoms in total. The standard InChI is InChI=1S/C11H13N3O3.W/c1-13-10(16)7-3-6(9(12)15)4-8(5-7)11(17)14-2;/h3-5H,1-2H3,(H4,12,13,14,15,16,17);/p-1. The number of nitrogens with one attached hydrogen (secondary N) is 3. The summed E-state index contributed by atoms with van der Waals surface area (Å²) in [5, 5.41) is 4.78. The van der Waals surface area contributed by atoms with Crippen molar-refractivity contribution in [1.82, 2.24) is 10.6 Å². The molecule has 0 saturated heterocycles. The summed E-state index contributed by atoms with van der Waals surface area (Å²) in [6, 6.07) is 3.92. The van der Waals surface area contributed by atoms with Crippen molar-refractivity contribution in [2.24, 2.45) is 0 Å². The molecule has 0 aliphatic rings. The van der Waals surface area contributed by atoms with Gasteiger partial charge in [0.15, 0.2) is 0 Å². The third kappa shape index (κ3) is 3.67. The van der Waals surface area contributed by atoms with Crippen molar-refractivity contribution in [3.8, 4) is 0 Å². The maximum absolute atomic E-state index is 11.4. The van der Waals surface area contributed by atoms with E-state index in [9.17, 15) is 14.4 Å². The minimum Gasteiger partial charge on any atom is -0.664 e. The Morgan fingerprint density at radius 2 is 1.22 bits per heavy atom. The molecule has 0 radical (unpaired) electrons. The number of carbonyl (C=O) groups is 3. The molecule has 3 N–H and O–H groups in total. The monoisotopic (exact) mass is 418 g/mol. The van der Waals surface area contributed by atoms with E-state index in [0.29, 0.717) is 0 Å². The average Bonchev–Trinajstić information content (AvgIpc) is 2.36. The molecule has 0 heterocycles. The van der Waals surface area contributed by atoms with Gasteiger partial charge in [0, 0.05) is 51.9 Å². The van der Waals surface area contributed by atoms with Gasteiger partial charge in [-0.25, -0.2) is 0 Å². The zero-order chi connectivity index (χ0) is 13.0. The van der Waals surface area contributed by atoms with Crippen LogP contribution in [0.15, 0.2) is 18.2 Å². The molecule has 1 rings (SSSR count). The summed E-state index contributed by atoms with van der Waals surface area (Å²) in [6.45, 7) is 0. The molecule has 0 aliphatic heterocycles. The Morgan fingerprint density at radius 1 is 0.889 bits per heavy atom. The van der Waals surface area contributed by atoms with Crippen molar-refractivity contribution in [2.75, 3.05) is 14.1 Å². The summed E-state index contributed by atoms with van der Waals surface area (Å²) in [5.74, 6) is -1.78. The van der Waals surface area contributed by atoms with Gasteiger partial charge in [-0.1, -0.05) is 0 Å². The first-order valence-corrected chi connectivity index (χ1v) is 4.84. The Labute approximate surface area is 119 Å². The van der Waals surface area contributed by atoms with Gasteiger partial charge in [0.1, 0.15) is 0 Å². The van der Waals surface area contributed by atoms with Crippen LogP contribution in [0.2, 0.25) is 0 Å². The molecule has 0 atom stereocenters. The number of hydrogen-bond donors (Lipinski definition) is 2. The van der Waals surface area contributed by atoms with E-state index in [2.05, 4.69) is 10.6 Å². The van der Waals surface area contributed by atoms with Crippen LogP contribution in [0, 0.1) is 0 Å². The van der Waals surface area contributed by atoms with E-state index in [1.807, 2.05) is 0 Å². The van der Waals surface area contributed by atoms with Crippen LogP contribution in [0.3, 0.4) is 0 Å². The first-order chi connectivity index (χ1) is 7.99. The summed E-state index contributed by atoms with van der Waals surface area (Å²) in [4.78, 5) is 33.8. The number of rotatable bonds is 3. The first kappa shape index (κ1) is 16.3. The van der Waals surface area contributed by atoms with Crippen LogP contribution in [0.5, 0.6) is 0 Å². The normalized spacial score (nSPS) is 9.00. The van der Waals surface area contributed by atoms with Crippen LogP contribution in [0.4, 0.5) is 0 Å². The van der Waals surface area contributed by atoms with E-state index >= 15 is 0 Å². The zero-order valence-electron chi connectivity index (χ0n) is 9.87. The fourth-order valence-electron chi connectivity index (χ4n) is 1.31. The third-order valence-electron chi connectivity index (χ3n) is 2.17. The second-order valence-electron chi connectivity index (χ2n) is 3.29. The topological polar surface area (TPSA) is 99.1 Å². The third-order valence-corrected chi connectivity index (χ3v) is 2.17. The van der Waals surface area contributed by atoms with Gasteiger partial charge in [0.2, 0.25) is 0 Å². The molecule has 3 amide bonds. The largest absolute Gasteiger partial charge is 0.664 e. The number of benzene rings is 1. The van der Waals surface area contributed by atoms with E-state index in [-0.39, 0.29) is 37.8 Å². The first-order valence-electron chi connectivity index (χ1n) is 4.84. The van der Waals surface area contributed by atoms with E-state index < -0.39 is 17.7 Å². The SMILES string of the molecule is CNC(=O)c1cc(C([NH-])=O)cc(C(=O)NC)c1.[W]. The second-order valence-corrected chi connectivity index (χ2v) is 3.29. The van der Waals surface area contributed by atoms with Crippen molar-refractivity contribution in [3.05, 3.63) is 40.6 Å². The van der Waals surface area contributed by atoms with E-state index in [1.165, 1.54) is 32.3 Å². The number of hydrogen-bond acceptors (Lipinski definition) is 3. The Balaban J connectivity index is 0.00000289. The van der Waals surface area contributed by atoms with E-state index in [1.54, 1.807) is 0 Å². The number of carbonyl (C=O) groups excluding carboxylic acids is 3. The van der Waals surface area contributed by atoms with Crippen LogP contribution in [-0.4, -0.2) is 31.8 Å². The van der Waals surface area contributed by atoms with Gasteiger partial charge >= 0.3 is 0 Å². The van der Waals surface area contributed by atoms with Crippen LogP contribution < -0.4 is 10.6 Å². The predicted octanol–water partition coefficient (Wildman–Crippen LogP) is 0.596.